The van der Waals surface area contributed by atoms with Crippen LogP contribution in [0.25, 0.3) is 0 Å². The van der Waals surface area contributed by atoms with Crippen LogP contribution < -0.4 is 10.6 Å². The second-order valence-corrected chi connectivity index (χ2v) is 4.95. The van der Waals surface area contributed by atoms with Crippen LogP contribution in [-0.2, 0) is 14.3 Å². The lowest BCUT2D eigenvalue weighted by atomic mass is 10.3. The summed E-state index contributed by atoms with van der Waals surface area (Å²) in [5, 5.41) is 4.77. The lowest BCUT2D eigenvalue weighted by Crippen LogP contribution is -2.35. The molecular formula is C16H15FN4O4. The molecule has 0 aliphatic heterocycles. The van der Waals surface area contributed by atoms with Gasteiger partial charge in [0, 0.05) is 11.9 Å². The zero-order valence-corrected chi connectivity index (χ0v) is 13.3. The summed E-state index contributed by atoms with van der Waals surface area (Å²) in [5.74, 6) is -2.37. The van der Waals surface area contributed by atoms with Crippen molar-refractivity contribution in [1.82, 2.24) is 15.3 Å². The van der Waals surface area contributed by atoms with E-state index in [0.29, 0.717) is 11.4 Å². The first kappa shape index (κ1) is 18.0. The van der Waals surface area contributed by atoms with E-state index in [0.717, 1.165) is 0 Å². The van der Waals surface area contributed by atoms with E-state index in [2.05, 4.69) is 20.6 Å². The number of hydrogen-bond acceptors (Lipinski definition) is 6. The van der Waals surface area contributed by atoms with Gasteiger partial charge in [-0.2, -0.15) is 0 Å². The van der Waals surface area contributed by atoms with E-state index >= 15 is 0 Å². The minimum Gasteiger partial charge on any atom is -0.451 e. The van der Waals surface area contributed by atoms with Gasteiger partial charge < -0.3 is 15.4 Å². The Labute approximate surface area is 142 Å². The number of ether oxygens (including phenoxy) is 1. The van der Waals surface area contributed by atoms with Gasteiger partial charge in [-0.3, -0.25) is 14.6 Å². The summed E-state index contributed by atoms with van der Waals surface area (Å²) in [6, 6.07) is 5.17. The number of esters is 1. The molecule has 130 valence electrons. The molecule has 0 radical (unpaired) electrons. The van der Waals surface area contributed by atoms with Gasteiger partial charge in [-0.1, -0.05) is 0 Å². The monoisotopic (exact) mass is 346 g/mol. The summed E-state index contributed by atoms with van der Waals surface area (Å²) in [7, 11) is 0. The number of halogens is 1. The number of carbonyl (C=O) groups is 3. The predicted octanol–water partition coefficient (Wildman–Crippen LogP) is 0.836. The molecule has 2 rings (SSSR count). The van der Waals surface area contributed by atoms with Crippen molar-refractivity contribution in [2.75, 3.05) is 18.5 Å². The number of nitrogens with zero attached hydrogens (tertiary/aromatic N) is 2. The molecule has 2 N–H and O–H groups in total. The zero-order chi connectivity index (χ0) is 18.2. The third kappa shape index (κ3) is 5.98. The normalized spacial score (nSPS) is 10.0. The number of carbonyl (C=O) groups excluding carboxylic acids is 3. The van der Waals surface area contributed by atoms with E-state index in [-0.39, 0.29) is 12.2 Å². The van der Waals surface area contributed by atoms with Gasteiger partial charge >= 0.3 is 5.97 Å². The predicted molar refractivity (Wildman–Crippen MR) is 85.1 cm³/mol. The summed E-state index contributed by atoms with van der Waals surface area (Å²) in [6.07, 6.45) is 2.64. The number of rotatable bonds is 6. The molecule has 9 heteroatoms. The second kappa shape index (κ2) is 8.48. The summed E-state index contributed by atoms with van der Waals surface area (Å²) < 4.78 is 17.5. The van der Waals surface area contributed by atoms with Crippen LogP contribution in [-0.4, -0.2) is 40.9 Å². The van der Waals surface area contributed by atoms with E-state index in [9.17, 15) is 18.8 Å². The quantitative estimate of drug-likeness (QED) is 0.750. The molecule has 0 saturated heterocycles. The van der Waals surface area contributed by atoms with E-state index in [1.165, 1.54) is 36.7 Å². The van der Waals surface area contributed by atoms with Crippen molar-refractivity contribution in [1.29, 1.82) is 0 Å². The number of aryl methyl sites for hydroxylation is 1. The van der Waals surface area contributed by atoms with Crippen LogP contribution in [0.15, 0.2) is 36.7 Å². The molecule has 2 amide bonds. The van der Waals surface area contributed by atoms with E-state index in [1.54, 1.807) is 6.92 Å². The number of anilines is 1. The minimum atomic E-state index is -0.793. The van der Waals surface area contributed by atoms with E-state index in [4.69, 9.17) is 4.74 Å². The van der Waals surface area contributed by atoms with Crippen LogP contribution in [0.5, 0.6) is 0 Å². The Morgan fingerprint density at radius 3 is 2.44 bits per heavy atom. The van der Waals surface area contributed by atoms with Crippen molar-refractivity contribution < 1.29 is 23.5 Å². The third-order valence-electron chi connectivity index (χ3n) is 2.90. The fourth-order valence-electron chi connectivity index (χ4n) is 1.67. The second-order valence-electron chi connectivity index (χ2n) is 4.95. The van der Waals surface area contributed by atoms with Gasteiger partial charge in [-0.25, -0.2) is 14.2 Å². The SMILES string of the molecule is Cc1cnc(C(=O)OCC(=O)NCC(=O)Nc2ccc(F)cc2)cn1. The molecule has 1 aromatic carbocycles. The molecule has 0 atom stereocenters. The number of nitrogens with one attached hydrogen (secondary N) is 2. The maximum atomic E-state index is 12.8. The maximum Gasteiger partial charge on any atom is 0.359 e. The largest absolute Gasteiger partial charge is 0.451 e. The third-order valence-corrected chi connectivity index (χ3v) is 2.90. The molecule has 0 saturated carbocycles. The first-order valence-electron chi connectivity index (χ1n) is 7.22. The number of aromatic nitrogens is 2. The summed E-state index contributed by atoms with van der Waals surface area (Å²) in [5.41, 5.74) is 1.01. The maximum absolute atomic E-state index is 12.8. The van der Waals surface area contributed by atoms with Gasteiger partial charge in [0.15, 0.2) is 12.3 Å². The molecule has 25 heavy (non-hydrogen) atoms. The minimum absolute atomic E-state index is 0.0209. The Hall–Kier alpha value is -3.36. The van der Waals surface area contributed by atoms with Crippen molar-refractivity contribution in [2.24, 2.45) is 0 Å². The Bertz CT molecular complexity index is 763. The van der Waals surface area contributed by atoms with Crippen molar-refractivity contribution in [3.05, 3.63) is 53.9 Å². The molecule has 1 aromatic heterocycles. The molecule has 0 bridgehead atoms. The molecule has 0 fully saturated rings. The Morgan fingerprint density at radius 1 is 1.08 bits per heavy atom. The van der Waals surface area contributed by atoms with Gasteiger partial charge in [0.05, 0.1) is 18.4 Å². The van der Waals surface area contributed by atoms with Crippen molar-refractivity contribution in [3.8, 4) is 0 Å². The van der Waals surface area contributed by atoms with Gasteiger partial charge in [0.2, 0.25) is 5.91 Å². The Kier molecular flexibility index (Phi) is 6.10. The van der Waals surface area contributed by atoms with Gasteiger partial charge in [-0.15, -0.1) is 0 Å². The van der Waals surface area contributed by atoms with Crippen molar-refractivity contribution >= 4 is 23.5 Å². The fourth-order valence-corrected chi connectivity index (χ4v) is 1.67. The summed E-state index contributed by atoms with van der Waals surface area (Å²) >= 11 is 0. The highest BCUT2D eigenvalue weighted by atomic mass is 19.1. The highest BCUT2D eigenvalue weighted by Crippen LogP contribution is 2.07. The average molecular weight is 346 g/mol. The first-order valence-corrected chi connectivity index (χ1v) is 7.22. The molecule has 0 unspecified atom stereocenters. The standard InChI is InChI=1S/C16H15FN4O4/c1-10-6-19-13(7-18-10)16(24)25-9-15(23)20-8-14(22)21-12-4-2-11(17)3-5-12/h2-7H,8-9H2,1H3,(H,20,23)(H,21,22). The van der Waals surface area contributed by atoms with Crippen molar-refractivity contribution in [2.45, 2.75) is 6.92 Å². The van der Waals surface area contributed by atoms with Crippen LogP contribution in [0.2, 0.25) is 0 Å². The topological polar surface area (TPSA) is 110 Å². The van der Waals surface area contributed by atoms with Crippen molar-refractivity contribution in [3.63, 3.8) is 0 Å². The molecular weight excluding hydrogens is 331 g/mol. The average Bonchev–Trinajstić information content (AvgIpc) is 2.60. The number of benzene rings is 1. The molecule has 0 aliphatic carbocycles. The Balaban J connectivity index is 1.71. The molecule has 0 aliphatic rings. The highest BCUT2D eigenvalue weighted by Gasteiger charge is 2.12. The number of hydrogen-bond donors (Lipinski definition) is 2. The van der Waals surface area contributed by atoms with Crippen LogP contribution in [0, 0.1) is 12.7 Å². The van der Waals surface area contributed by atoms with Crippen LogP contribution in [0.4, 0.5) is 10.1 Å². The highest BCUT2D eigenvalue weighted by molar-refractivity contribution is 5.95. The smallest absolute Gasteiger partial charge is 0.359 e. The van der Waals surface area contributed by atoms with Crippen LogP contribution in [0.3, 0.4) is 0 Å². The summed E-state index contributed by atoms with van der Waals surface area (Å²) in [4.78, 5) is 42.6. The van der Waals surface area contributed by atoms with Gasteiger partial charge in [0.1, 0.15) is 5.82 Å². The molecule has 8 nitrogen and oxygen atoms in total. The van der Waals surface area contributed by atoms with Gasteiger partial charge in [0.25, 0.3) is 5.91 Å². The van der Waals surface area contributed by atoms with Crippen LogP contribution in [0.1, 0.15) is 16.2 Å². The van der Waals surface area contributed by atoms with E-state index < -0.39 is 30.2 Å². The van der Waals surface area contributed by atoms with E-state index in [1.807, 2.05) is 0 Å². The molecule has 1 heterocycles. The zero-order valence-electron chi connectivity index (χ0n) is 13.3. The lowest BCUT2D eigenvalue weighted by molar-refractivity contribution is -0.126. The molecule has 2 aromatic rings. The summed E-state index contributed by atoms with van der Waals surface area (Å²) in [6.45, 7) is 0.836. The fraction of sp³-hybridized carbons (Fsp3) is 0.188. The number of amides is 2. The van der Waals surface area contributed by atoms with Gasteiger partial charge in [-0.05, 0) is 31.2 Å². The van der Waals surface area contributed by atoms with Crippen LogP contribution >= 0.6 is 0 Å². The molecule has 0 spiro atoms. The first-order chi connectivity index (χ1) is 11.9. The lowest BCUT2D eigenvalue weighted by Gasteiger charge is -2.07. The Morgan fingerprint density at radius 2 is 1.80 bits per heavy atom.